The van der Waals surface area contributed by atoms with Crippen molar-refractivity contribution < 1.29 is 9.53 Å². The lowest BCUT2D eigenvalue weighted by atomic mass is 9.88. The summed E-state index contributed by atoms with van der Waals surface area (Å²) >= 11 is 0. The average molecular weight is 232 g/mol. The zero-order chi connectivity index (χ0) is 12.4. The van der Waals surface area contributed by atoms with Gasteiger partial charge in [-0.2, -0.15) is 0 Å². The first-order chi connectivity index (χ1) is 8.08. The number of hydrogen-bond donors (Lipinski definition) is 0. The van der Waals surface area contributed by atoms with Gasteiger partial charge in [-0.05, 0) is 45.6 Å². The van der Waals surface area contributed by atoms with Crippen molar-refractivity contribution in [2.24, 2.45) is 5.92 Å². The van der Waals surface area contributed by atoms with Crippen molar-refractivity contribution >= 4 is 5.97 Å². The summed E-state index contributed by atoms with van der Waals surface area (Å²) in [5.41, 5.74) is 3.35. The molecule has 92 valence electrons. The van der Waals surface area contributed by atoms with Crippen LogP contribution in [-0.2, 0) is 9.53 Å². The normalized spacial score (nSPS) is 36.4. The van der Waals surface area contributed by atoms with Crippen LogP contribution in [0.1, 0.15) is 39.5 Å². The summed E-state index contributed by atoms with van der Waals surface area (Å²) < 4.78 is 5.38. The van der Waals surface area contributed by atoms with Crippen LogP contribution in [-0.4, -0.2) is 12.1 Å². The minimum absolute atomic E-state index is 0.0825. The highest BCUT2D eigenvalue weighted by molar-refractivity contribution is 5.91. The summed E-state index contributed by atoms with van der Waals surface area (Å²) in [6, 6.07) is 0. The number of carbonyl (C=O) groups is 1. The van der Waals surface area contributed by atoms with E-state index in [1.807, 2.05) is 0 Å². The Morgan fingerprint density at radius 2 is 2.06 bits per heavy atom. The molecule has 2 aliphatic rings. The van der Waals surface area contributed by atoms with E-state index in [0.717, 1.165) is 25.7 Å². The molecule has 0 aromatic carbocycles. The molecule has 0 amide bonds. The van der Waals surface area contributed by atoms with Gasteiger partial charge in [0.25, 0.3) is 0 Å². The highest BCUT2D eigenvalue weighted by atomic mass is 16.5. The summed E-state index contributed by atoms with van der Waals surface area (Å²) in [6.07, 6.45) is 8.45. The molecule has 17 heavy (non-hydrogen) atoms. The Morgan fingerprint density at radius 3 is 2.82 bits per heavy atom. The maximum Gasteiger partial charge on any atom is 0.334 e. The molecule has 2 nitrogen and oxygen atoms in total. The van der Waals surface area contributed by atoms with Gasteiger partial charge < -0.3 is 4.74 Å². The van der Waals surface area contributed by atoms with Crippen LogP contribution in [0, 0.1) is 5.92 Å². The largest absolute Gasteiger partial charge is 0.454 e. The number of ether oxygens (including phenoxy) is 1. The fourth-order valence-corrected chi connectivity index (χ4v) is 2.51. The predicted molar refractivity (Wildman–Crippen MR) is 68.5 cm³/mol. The Hall–Kier alpha value is -1.31. The van der Waals surface area contributed by atoms with E-state index < -0.39 is 0 Å². The van der Waals surface area contributed by atoms with E-state index >= 15 is 0 Å². The lowest BCUT2D eigenvalue weighted by Crippen LogP contribution is -2.15. The monoisotopic (exact) mass is 232 g/mol. The average Bonchev–Trinajstić information content (AvgIpc) is 2.52. The lowest BCUT2D eigenvalue weighted by Gasteiger charge is -2.17. The van der Waals surface area contributed by atoms with Crippen LogP contribution < -0.4 is 0 Å². The number of esters is 1. The van der Waals surface area contributed by atoms with Crippen LogP contribution in [0.5, 0.6) is 0 Å². The van der Waals surface area contributed by atoms with Gasteiger partial charge in [-0.1, -0.05) is 23.8 Å². The smallest absolute Gasteiger partial charge is 0.334 e. The number of carbonyl (C=O) groups excluding carboxylic acids is 1. The molecule has 0 aromatic rings. The Kier molecular flexibility index (Phi) is 3.51. The van der Waals surface area contributed by atoms with Gasteiger partial charge in [0.2, 0.25) is 0 Å². The van der Waals surface area contributed by atoms with Crippen LogP contribution in [0.15, 0.2) is 35.5 Å². The van der Waals surface area contributed by atoms with E-state index in [1.165, 1.54) is 11.1 Å². The van der Waals surface area contributed by atoms with Crippen molar-refractivity contribution in [2.45, 2.75) is 45.6 Å². The van der Waals surface area contributed by atoms with Gasteiger partial charge in [0.15, 0.2) is 0 Å². The van der Waals surface area contributed by atoms with Crippen molar-refractivity contribution in [2.75, 3.05) is 0 Å². The van der Waals surface area contributed by atoms with E-state index in [-0.39, 0.29) is 18.0 Å². The predicted octanol–water partition coefficient (Wildman–Crippen LogP) is 3.55. The molecule has 0 aromatic heterocycles. The third-order valence-corrected chi connectivity index (χ3v) is 3.68. The molecule has 2 unspecified atom stereocenters. The van der Waals surface area contributed by atoms with Crippen LogP contribution in [0.3, 0.4) is 0 Å². The SMILES string of the molecule is C=C1C(=O)OC2/C=C(\C)CC/C=C(\C)CCC12. The van der Waals surface area contributed by atoms with Gasteiger partial charge in [-0.3, -0.25) is 0 Å². The van der Waals surface area contributed by atoms with Crippen molar-refractivity contribution in [1.29, 1.82) is 0 Å². The van der Waals surface area contributed by atoms with Crippen LogP contribution in [0.25, 0.3) is 0 Å². The molecule has 0 spiro atoms. The second-order valence-corrected chi connectivity index (χ2v) is 5.14. The maximum atomic E-state index is 11.6. The summed E-state index contributed by atoms with van der Waals surface area (Å²) in [7, 11) is 0. The van der Waals surface area contributed by atoms with E-state index in [4.69, 9.17) is 4.74 Å². The number of hydrogen-bond acceptors (Lipinski definition) is 2. The highest BCUT2D eigenvalue weighted by Crippen LogP contribution is 2.33. The Labute approximate surface area is 103 Å². The van der Waals surface area contributed by atoms with Gasteiger partial charge in [-0.15, -0.1) is 0 Å². The second-order valence-electron chi connectivity index (χ2n) is 5.14. The molecule has 1 heterocycles. The molecule has 2 atom stereocenters. The number of rotatable bonds is 0. The topological polar surface area (TPSA) is 26.3 Å². The van der Waals surface area contributed by atoms with E-state index in [2.05, 4.69) is 32.6 Å². The van der Waals surface area contributed by atoms with E-state index in [0.29, 0.717) is 5.57 Å². The van der Waals surface area contributed by atoms with Crippen molar-refractivity contribution in [3.8, 4) is 0 Å². The molecule has 0 N–H and O–H groups in total. The fraction of sp³-hybridized carbons (Fsp3) is 0.533. The Bertz CT molecular complexity index is 401. The summed E-state index contributed by atoms with van der Waals surface area (Å²) in [5.74, 6) is -0.0520. The van der Waals surface area contributed by atoms with E-state index in [1.54, 1.807) is 0 Å². The van der Waals surface area contributed by atoms with Crippen molar-refractivity contribution in [1.82, 2.24) is 0 Å². The molecule has 1 saturated heterocycles. The zero-order valence-corrected chi connectivity index (χ0v) is 10.7. The van der Waals surface area contributed by atoms with Gasteiger partial charge in [0.05, 0.1) is 0 Å². The highest BCUT2D eigenvalue weighted by Gasteiger charge is 2.36. The molecule has 1 aliphatic carbocycles. The van der Waals surface area contributed by atoms with Crippen LogP contribution in [0.2, 0.25) is 0 Å². The van der Waals surface area contributed by atoms with Crippen molar-refractivity contribution in [3.63, 3.8) is 0 Å². The van der Waals surface area contributed by atoms with Gasteiger partial charge in [-0.25, -0.2) is 4.79 Å². The first-order valence-electron chi connectivity index (χ1n) is 6.30. The van der Waals surface area contributed by atoms with Crippen LogP contribution >= 0.6 is 0 Å². The minimum atomic E-state index is -0.218. The third-order valence-electron chi connectivity index (χ3n) is 3.68. The van der Waals surface area contributed by atoms with Crippen LogP contribution in [0.4, 0.5) is 0 Å². The van der Waals surface area contributed by atoms with Gasteiger partial charge >= 0.3 is 5.97 Å². The first-order valence-corrected chi connectivity index (χ1v) is 6.30. The quantitative estimate of drug-likeness (QED) is 0.363. The van der Waals surface area contributed by atoms with Gasteiger partial charge in [0.1, 0.15) is 6.10 Å². The summed E-state index contributed by atoms with van der Waals surface area (Å²) in [6.45, 7) is 8.14. The molecular weight excluding hydrogens is 212 g/mol. The fourth-order valence-electron chi connectivity index (χ4n) is 2.51. The molecule has 0 bridgehead atoms. The third kappa shape index (κ3) is 2.68. The molecule has 0 radical (unpaired) electrons. The summed E-state index contributed by atoms with van der Waals surface area (Å²) in [5, 5.41) is 0. The number of fused-ring (bicyclic) bond motifs is 1. The minimum Gasteiger partial charge on any atom is -0.454 e. The Balaban J connectivity index is 2.24. The molecule has 0 saturated carbocycles. The molecule has 2 heteroatoms. The zero-order valence-electron chi connectivity index (χ0n) is 10.7. The molecular formula is C15H20O2. The lowest BCUT2D eigenvalue weighted by molar-refractivity contribution is -0.137. The standard InChI is InChI=1S/C15H20O2/c1-10-5-4-6-11(2)9-14-13(8-7-10)12(3)15(16)17-14/h5,9,13-14H,3-4,6-8H2,1-2H3/b10-5+,11-9+. The molecule has 1 fully saturated rings. The first kappa shape index (κ1) is 12.2. The maximum absolute atomic E-state index is 11.6. The van der Waals surface area contributed by atoms with Gasteiger partial charge in [0, 0.05) is 11.5 Å². The van der Waals surface area contributed by atoms with E-state index in [9.17, 15) is 4.79 Å². The molecule has 2 rings (SSSR count). The molecule has 1 aliphatic heterocycles. The van der Waals surface area contributed by atoms with Crippen molar-refractivity contribution in [3.05, 3.63) is 35.5 Å². The number of allylic oxidation sites excluding steroid dienone is 3. The Morgan fingerprint density at radius 1 is 1.29 bits per heavy atom. The second kappa shape index (κ2) is 4.91. The summed E-state index contributed by atoms with van der Waals surface area (Å²) in [4.78, 5) is 11.6.